The molecule has 2 rings (SSSR count). The van der Waals surface area contributed by atoms with Crippen molar-refractivity contribution in [2.75, 3.05) is 4.72 Å². The minimum atomic E-state index is -4.27. The van der Waals surface area contributed by atoms with Crippen molar-refractivity contribution in [3.8, 4) is 0 Å². The lowest BCUT2D eigenvalue weighted by molar-refractivity contribution is -0.385. The van der Waals surface area contributed by atoms with E-state index in [0.717, 1.165) is 12.1 Å². The molecule has 0 spiro atoms. The third-order valence-corrected chi connectivity index (χ3v) is 4.38. The Labute approximate surface area is 127 Å². The molecule has 0 fully saturated rings. The van der Waals surface area contributed by atoms with Gasteiger partial charge < -0.3 is 0 Å². The lowest BCUT2D eigenvalue weighted by Gasteiger charge is -2.09. The van der Waals surface area contributed by atoms with Gasteiger partial charge in [-0.15, -0.1) is 0 Å². The third kappa shape index (κ3) is 3.56. The second-order valence-corrected chi connectivity index (χ2v) is 6.55. The number of anilines is 1. The number of benzene rings is 2. The average molecular weight is 375 g/mol. The zero-order chi connectivity index (χ0) is 15.6. The minimum Gasteiger partial charge on any atom is -0.280 e. The summed E-state index contributed by atoms with van der Waals surface area (Å²) in [5.74, 6) is -1.07. The van der Waals surface area contributed by atoms with Crippen molar-refractivity contribution < 1.29 is 17.7 Å². The van der Waals surface area contributed by atoms with Crippen molar-refractivity contribution in [1.29, 1.82) is 0 Å². The van der Waals surface area contributed by atoms with Gasteiger partial charge in [0.25, 0.3) is 15.7 Å². The van der Waals surface area contributed by atoms with Crippen LogP contribution in [0.4, 0.5) is 15.8 Å². The maximum atomic E-state index is 13.7. The van der Waals surface area contributed by atoms with Crippen LogP contribution in [-0.4, -0.2) is 13.3 Å². The van der Waals surface area contributed by atoms with Crippen LogP contribution in [0.25, 0.3) is 0 Å². The summed E-state index contributed by atoms with van der Waals surface area (Å²) in [6, 6.07) is 8.54. The van der Waals surface area contributed by atoms with E-state index in [1.165, 1.54) is 12.1 Å². The van der Waals surface area contributed by atoms with E-state index in [2.05, 4.69) is 20.7 Å². The quantitative estimate of drug-likeness (QED) is 0.656. The molecule has 110 valence electrons. The van der Waals surface area contributed by atoms with E-state index in [4.69, 9.17) is 0 Å². The number of nitrogens with zero attached hydrogens (tertiary/aromatic N) is 1. The summed E-state index contributed by atoms with van der Waals surface area (Å²) in [7, 11) is -4.27. The Morgan fingerprint density at radius 2 is 1.90 bits per heavy atom. The van der Waals surface area contributed by atoms with E-state index in [9.17, 15) is 22.9 Å². The monoisotopic (exact) mass is 374 g/mol. The van der Waals surface area contributed by atoms with Crippen LogP contribution >= 0.6 is 15.9 Å². The van der Waals surface area contributed by atoms with Crippen LogP contribution in [0.15, 0.2) is 51.8 Å². The maximum absolute atomic E-state index is 13.7. The fourth-order valence-electron chi connectivity index (χ4n) is 1.57. The molecule has 0 atom stereocenters. The Bertz CT molecular complexity index is 811. The van der Waals surface area contributed by atoms with Crippen molar-refractivity contribution in [2.24, 2.45) is 0 Å². The Balaban J connectivity index is 2.44. The van der Waals surface area contributed by atoms with Crippen molar-refractivity contribution in [1.82, 2.24) is 0 Å². The van der Waals surface area contributed by atoms with E-state index < -0.39 is 31.3 Å². The average Bonchev–Trinajstić information content (AvgIpc) is 2.38. The molecule has 0 heterocycles. The molecule has 0 bridgehead atoms. The van der Waals surface area contributed by atoms with Gasteiger partial charge in [-0.25, -0.2) is 12.8 Å². The Hall–Kier alpha value is -2.00. The van der Waals surface area contributed by atoms with Crippen LogP contribution in [0.3, 0.4) is 0 Å². The van der Waals surface area contributed by atoms with Gasteiger partial charge in [0.15, 0.2) is 0 Å². The van der Waals surface area contributed by atoms with Crippen molar-refractivity contribution in [3.05, 3.63) is 62.9 Å². The largest absolute Gasteiger partial charge is 0.280 e. The van der Waals surface area contributed by atoms with Gasteiger partial charge in [-0.2, -0.15) is 0 Å². The van der Waals surface area contributed by atoms with Crippen LogP contribution < -0.4 is 4.72 Å². The topological polar surface area (TPSA) is 89.3 Å². The first kappa shape index (κ1) is 15.4. The van der Waals surface area contributed by atoms with Gasteiger partial charge in [0.1, 0.15) is 10.7 Å². The Morgan fingerprint density at radius 1 is 1.19 bits per heavy atom. The second-order valence-electron chi connectivity index (χ2n) is 3.99. The summed E-state index contributed by atoms with van der Waals surface area (Å²) in [6.45, 7) is 0. The highest BCUT2D eigenvalue weighted by molar-refractivity contribution is 9.10. The number of rotatable bonds is 4. The fraction of sp³-hybridized carbons (Fsp3) is 0. The molecule has 0 saturated heterocycles. The molecule has 0 aliphatic heterocycles. The smallest absolute Gasteiger partial charge is 0.271 e. The highest BCUT2D eigenvalue weighted by atomic mass is 79.9. The van der Waals surface area contributed by atoms with Gasteiger partial charge >= 0.3 is 0 Å². The molecule has 2 aromatic rings. The standard InChI is InChI=1S/C12H8BrFN2O4S/c13-8-2-1-3-9(6-8)15-21(19,20)12-7-10(16(17)18)4-5-11(12)14/h1-7,15H. The Morgan fingerprint density at radius 3 is 2.52 bits per heavy atom. The lowest BCUT2D eigenvalue weighted by Crippen LogP contribution is -2.14. The molecule has 0 radical (unpaired) electrons. The SMILES string of the molecule is O=[N+]([O-])c1ccc(F)c(S(=O)(=O)Nc2cccc(Br)c2)c1. The van der Waals surface area contributed by atoms with Crippen LogP contribution in [0.2, 0.25) is 0 Å². The molecule has 0 saturated carbocycles. The summed E-state index contributed by atoms with van der Waals surface area (Å²) in [5, 5.41) is 10.7. The first-order valence-electron chi connectivity index (χ1n) is 5.52. The van der Waals surface area contributed by atoms with Crippen molar-refractivity contribution in [2.45, 2.75) is 4.90 Å². The minimum absolute atomic E-state index is 0.204. The number of nitrogens with one attached hydrogen (secondary N) is 1. The summed E-state index contributed by atoms with van der Waals surface area (Å²) in [5.41, 5.74) is -0.304. The predicted molar refractivity (Wildman–Crippen MR) is 78.0 cm³/mol. The summed E-state index contributed by atoms with van der Waals surface area (Å²) < 4.78 is 40.7. The zero-order valence-electron chi connectivity index (χ0n) is 10.3. The molecule has 1 N–H and O–H groups in total. The number of non-ortho nitro benzene ring substituents is 1. The van der Waals surface area contributed by atoms with E-state index in [-0.39, 0.29) is 5.69 Å². The number of nitro groups is 1. The number of nitro benzene ring substituents is 1. The number of hydrogen-bond donors (Lipinski definition) is 1. The van der Waals surface area contributed by atoms with Gasteiger partial charge in [0, 0.05) is 22.3 Å². The molecule has 0 amide bonds. The highest BCUT2D eigenvalue weighted by Gasteiger charge is 2.22. The summed E-state index contributed by atoms with van der Waals surface area (Å²) >= 11 is 3.17. The second kappa shape index (κ2) is 5.78. The summed E-state index contributed by atoms with van der Waals surface area (Å²) in [4.78, 5) is 9.08. The van der Waals surface area contributed by atoms with Crippen LogP contribution in [0.5, 0.6) is 0 Å². The van der Waals surface area contributed by atoms with Gasteiger partial charge in [0.05, 0.1) is 4.92 Å². The van der Waals surface area contributed by atoms with E-state index in [1.807, 2.05) is 0 Å². The predicted octanol–water partition coefficient (Wildman–Crippen LogP) is 3.30. The van der Waals surface area contributed by atoms with Crippen LogP contribution in [0.1, 0.15) is 0 Å². The van der Waals surface area contributed by atoms with Gasteiger partial charge in [0.2, 0.25) is 0 Å². The van der Waals surface area contributed by atoms with Gasteiger partial charge in [-0.3, -0.25) is 14.8 Å². The molecule has 6 nitrogen and oxygen atoms in total. The zero-order valence-corrected chi connectivity index (χ0v) is 12.7. The molecule has 21 heavy (non-hydrogen) atoms. The Kier molecular flexibility index (Phi) is 4.24. The normalized spacial score (nSPS) is 11.1. The molecule has 0 aliphatic carbocycles. The molecule has 9 heteroatoms. The lowest BCUT2D eigenvalue weighted by atomic mass is 10.3. The number of hydrogen-bond acceptors (Lipinski definition) is 4. The summed E-state index contributed by atoms with van der Waals surface area (Å²) in [6.07, 6.45) is 0. The van der Waals surface area contributed by atoms with Crippen LogP contribution in [-0.2, 0) is 10.0 Å². The highest BCUT2D eigenvalue weighted by Crippen LogP contribution is 2.24. The number of halogens is 2. The van der Waals surface area contributed by atoms with E-state index in [0.29, 0.717) is 10.5 Å². The molecular weight excluding hydrogens is 367 g/mol. The molecule has 0 unspecified atom stereocenters. The van der Waals surface area contributed by atoms with Gasteiger partial charge in [-0.1, -0.05) is 22.0 Å². The first-order chi connectivity index (χ1) is 9.79. The fourth-order valence-corrected chi connectivity index (χ4v) is 3.12. The van der Waals surface area contributed by atoms with Crippen molar-refractivity contribution >= 4 is 37.3 Å². The molecule has 0 aromatic heterocycles. The third-order valence-electron chi connectivity index (χ3n) is 2.49. The van der Waals surface area contributed by atoms with E-state index in [1.54, 1.807) is 12.1 Å². The van der Waals surface area contributed by atoms with E-state index >= 15 is 0 Å². The van der Waals surface area contributed by atoms with Gasteiger partial charge in [-0.05, 0) is 24.3 Å². The van der Waals surface area contributed by atoms with Crippen molar-refractivity contribution in [3.63, 3.8) is 0 Å². The molecular formula is C12H8BrFN2O4S. The van der Waals surface area contributed by atoms with Crippen LogP contribution in [0, 0.1) is 15.9 Å². The molecule has 2 aromatic carbocycles. The maximum Gasteiger partial charge on any atom is 0.271 e. The molecule has 0 aliphatic rings. The first-order valence-corrected chi connectivity index (χ1v) is 7.79. The number of sulfonamides is 1.